The molecule has 2 rings (SSSR count). The second-order valence-corrected chi connectivity index (χ2v) is 6.64. The SMILES string of the molecule is C=COCOC1CCC(C2CCC(C(C=C)OO)CC2)CC1. The van der Waals surface area contributed by atoms with Crippen molar-refractivity contribution in [1.82, 2.24) is 0 Å². The van der Waals surface area contributed by atoms with Gasteiger partial charge in [0.25, 0.3) is 0 Å². The lowest BCUT2D eigenvalue weighted by atomic mass is 9.69. The Morgan fingerprint density at radius 3 is 2.05 bits per heavy atom. The predicted molar refractivity (Wildman–Crippen MR) is 86.1 cm³/mol. The average molecular weight is 310 g/mol. The lowest BCUT2D eigenvalue weighted by molar-refractivity contribution is -0.278. The van der Waals surface area contributed by atoms with Crippen LogP contribution < -0.4 is 0 Å². The highest BCUT2D eigenvalue weighted by atomic mass is 17.1. The monoisotopic (exact) mass is 310 g/mol. The molecule has 126 valence electrons. The van der Waals surface area contributed by atoms with Crippen molar-refractivity contribution in [2.45, 2.75) is 63.6 Å². The second-order valence-electron chi connectivity index (χ2n) is 6.64. The van der Waals surface area contributed by atoms with Gasteiger partial charge >= 0.3 is 0 Å². The van der Waals surface area contributed by atoms with E-state index in [9.17, 15) is 0 Å². The molecule has 22 heavy (non-hydrogen) atoms. The molecule has 1 atom stereocenters. The molecule has 0 radical (unpaired) electrons. The van der Waals surface area contributed by atoms with Crippen LogP contribution in [-0.4, -0.2) is 24.3 Å². The summed E-state index contributed by atoms with van der Waals surface area (Å²) in [4.78, 5) is 4.53. The molecule has 0 amide bonds. The molecule has 2 fully saturated rings. The van der Waals surface area contributed by atoms with Gasteiger partial charge in [-0.1, -0.05) is 12.7 Å². The van der Waals surface area contributed by atoms with Crippen molar-refractivity contribution in [2.75, 3.05) is 6.79 Å². The van der Waals surface area contributed by atoms with Gasteiger partial charge in [-0.2, -0.15) is 0 Å². The standard InChI is InChI=1S/C18H30O4/c1-3-18(22-19)16-7-5-14(6-8-16)15-9-11-17(12-10-15)21-13-20-4-2/h3-4,14-19H,1-2,5-13H2. The maximum Gasteiger partial charge on any atom is 0.188 e. The summed E-state index contributed by atoms with van der Waals surface area (Å²) in [6, 6.07) is 0. The van der Waals surface area contributed by atoms with E-state index in [0.29, 0.717) is 18.8 Å². The molecule has 0 bridgehead atoms. The van der Waals surface area contributed by atoms with Crippen LogP contribution in [-0.2, 0) is 14.4 Å². The molecule has 0 aromatic carbocycles. The van der Waals surface area contributed by atoms with Crippen LogP contribution in [0.25, 0.3) is 0 Å². The summed E-state index contributed by atoms with van der Waals surface area (Å²) in [5.41, 5.74) is 0. The Morgan fingerprint density at radius 1 is 0.955 bits per heavy atom. The normalized spacial score (nSPS) is 33.9. The predicted octanol–water partition coefficient (Wildman–Crippen LogP) is 4.53. The van der Waals surface area contributed by atoms with E-state index in [0.717, 1.165) is 37.5 Å². The Kier molecular flexibility index (Phi) is 7.43. The van der Waals surface area contributed by atoms with Crippen molar-refractivity contribution in [2.24, 2.45) is 17.8 Å². The molecular formula is C18H30O4. The summed E-state index contributed by atoms with van der Waals surface area (Å²) in [5.74, 6) is 2.08. The summed E-state index contributed by atoms with van der Waals surface area (Å²) in [6.07, 6.45) is 12.8. The largest absolute Gasteiger partial charge is 0.476 e. The van der Waals surface area contributed by atoms with E-state index >= 15 is 0 Å². The maximum absolute atomic E-state index is 8.91. The maximum atomic E-state index is 8.91. The lowest BCUT2D eigenvalue weighted by Crippen LogP contribution is -2.31. The van der Waals surface area contributed by atoms with Crippen molar-refractivity contribution in [3.05, 3.63) is 25.5 Å². The first-order valence-electron chi connectivity index (χ1n) is 8.55. The Hall–Kier alpha value is -0.840. The molecule has 1 N–H and O–H groups in total. The molecule has 0 heterocycles. The zero-order valence-corrected chi connectivity index (χ0v) is 13.5. The van der Waals surface area contributed by atoms with Crippen molar-refractivity contribution in [1.29, 1.82) is 0 Å². The number of ether oxygens (including phenoxy) is 2. The van der Waals surface area contributed by atoms with Crippen molar-refractivity contribution in [3.8, 4) is 0 Å². The van der Waals surface area contributed by atoms with Gasteiger partial charge in [-0.3, -0.25) is 5.26 Å². The Labute approximate surface area is 134 Å². The first kappa shape index (κ1) is 17.5. The van der Waals surface area contributed by atoms with E-state index in [-0.39, 0.29) is 6.10 Å². The molecule has 0 aliphatic heterocycles. The lowest BCUT2D eigenvalue weighted by Gasteiger charge is -2.38. The van der Waals surface area contributed by atoms with Gasteiger partial charge in [0, 0.05) is 0 Å². The third-order valence-corrected chi connectivity index (χ3v) is 5.51. The molecule has 0 spiro atoms. The summed E-state index contributed by atoms with van der Waals surface area (Å²) in [6.45, 7) is 7.58. The van der Waals surface area contributed by atoms with Crippen LogP contribution in [0.15, 0.2) is 25.5 Å². The van der Waals surface area contributed by atoms with E-state index in [1.165, 1.54) is 31.9 Å². The van der Waals surface area contributed by atoms with Crippen LogP contribution in [0.5, 0.6) is 0 Å². The van der Waals surface area contributed by atoms with Gasteiger partial charge in [-0.05, 0) is 69.1 Å². The zero-order chi connectivity index (χ0) is 15.8. The van der Waals surface area contributed by atoms with Gasteiger partial charge in [-0.25, -0.2) is 4.89 Å². The fourth-order valence-electron chi connectivity index (χ4n) is 4.18. The quantitative estimate of drug-likeness (QED) is 0.179. The Morgan fingerprint density at radius 2 is 1.55 bits per heavy atom. The van der Waals surface area contributed by atoms with Crippen LogP contribution in [0.2, 0.25) is 0 Å². The summed E-state index contributed by atoms with van der Waals surface area (Å²) < 4.78 is 10.7. The number of hydrogen-bond donors (Lipinski definition) is 1. The number of hydrogen-bond acceptors (Lipinski definition) is 4. The first-order valence-corrected chi connectivity index (χ1v) is 8.55. The van der Waals surface area contributed by atoms with Gasteiger partial charge in [0.1, 0.15) is 6.10 Å². The molecule has 0 aromatic heterocycles. The highest BCUT2D eigenvalue weighted by molar-refractivity contribution is 4.90. The van der Waals surface area contributed by atoms with E-state index in [2.05, 4.69) is 18.0 Å². The van der Waals surface area contributed by atoms with Crippen molar-refractivity contribution < 1.29 is 19.6 Å². The van der Waals surface area contributed by atoms with E-state index < -0.39 is 0 Å². The van der Waals surface area contributed by atoms with Crippen LogP contribution in [0.3, 0.4) is 0 Å². The van der Waals surface area contributed by atoms with Crippen LogP contribution in [0, 0.1) is 17.8 Å². The molecule has 4 heteroatoms. The third-order valence-electron chi connectivity index (χ3n) is 5.51. The molecule has 0 aromatic rings. The van der Waals surface area contributed by atoms with E-state index in [1.807, 2.05) is 0 Å². The van der Waals surface area contributed by atoms with Gasteiger partial charge in [0.15, 0.2) is 6.79 Å². The summed E-state index contributed by atoms with van der Waals surface area (Å²) >= 11 is 0. The highest BCUT2D eigenvalue weighted by Crippen LogP contribution is 2.41. The van der Waals surface area contributed by atoms with Crippen LogP contribution >= 0.6 is 0 Å². The Bertz CT molecular complexity index is 328. The summed E-state index contributed by atoms with van der Waals surface area (Å²) in [5, 5.41) is 8.91. The van der Waals surface area contributed by atoms with Gasteiger partial charge in [0.05, 0.1) is 12.4 Å². The number of rotatable bonds is 8. The minimum atomic E-state index is -0.199. The zero-order valence-electron chi connectivity index (χ0n) is 13.5. The van der Waals surface area contributed by atoms with Crippen molar-refractivity contribution >= 4 is 0 Å². The highest BCUT2D eigenvalue weighted by Gasteiger charge is 2.33. The molecular weight excluding hydrogens is 280 g/mol. The first-order chi connectivity index (χ1) is 10.8. The van der Waals surface area contributed by atoms with Crippen LogP contribution in [0.1, 0.15) is 51.4 Å². The molecule has 2 aliphatic carbocycles. The fourth-order valence-corrected chi connectivity index (χ4v) is 4.18. The summed E-state index contributed by atoms with van der Waals surface area (Å²) in [7, 11) is 0. The van der Waals surface area contributed by atoms with Gasteiger partial charge in [-0.15, -0.1) is 6.58 Å². The van der Waals surface area contributed by atoms with Gasteiger partial charge in [0.2, 0.25) is 0 Å². The van der Waals surface area contributed by atoms with E-state index in [4.69, 9.17) is 14.7 Å². The molecule has 1 unspecified atom stereocenters. The van der Waals surface area contributed by atoms with Gasteiger partial charge < -0.3 is 9.47 Å². The van der Waals surface area contributed by atoms with Crippen LogP contribution in [0.4, 0.5) is 0 Å². The Balaban J connectivity index is 1.68. The fraction of sp³-hybridized carbons (Fsp3) is 0.778. The minimum Gasteiger partial charge on any atom is -0.476 e. The average Bonchev–Trinajstić information content (AvgIpc) is 2.58. The molecule has 4 nitrogen and oxygen atoms in total. The second kappa shape index (κ2) is 9.33. The van der Waals surface area contributed by atoms with E-state index in [1.54, 1.807) is 6.08 Å². The minimum absolute atomic E-state index is 0.199. The third kappa shape index (κ3) is 4.83. The molecule has 0 saturated heterocycles. The smallest absolute Gasteiger partial charge is 0.188 e. The molecule has 2 saturated carbocycles. The van der Waals surface area contributed by atoms with Crippen molar-refractivity contribution in [3.63, 3.8) is 0 Å². The topological polar surface area (TPSA) is 47.9 Å². The molecule has 2 aliphatic rings.